The summed E-state index contributed by atoms with van der Waals surface area (Å²) in [4.78, 5) is 10.7. The largest absolute Gasteiger partial charge is 0.478 e. The highest BCUT2D eigenvalue weighted by atomic mass is 79.9. The molecule has 1 N–H and O–H groups in total. The number of rotatable bonds is 1. The van der Waals surface area contributed by atoms with Crippen molar-refractivity contribution in [3.05, 3.63) is 46.2 Å². The maximum Gasteiger partial charge on any atom is 0.338 e. The zero-order chi connectivity index (χ0) is 11.0. The van der Waals surface area contributed by atoms with Crippen LogP contribution in [0.3, 0.4) is 0 Å². The molecule has 76 valence electrons. The molecule has 0 fully saturated rings. The molecule has 4 heteroatoms. The van der Waals surface area contributed by atoms with Crippen LogP contribution in [0.2, 0.25) is 0 Å². The van der Waals surface area contributed by atoms with Crippen LogP contribution in [-0.4, -0.2) is 11.1 Å². The van der Waals surface area contributed by atoms with E-state index in [9.17, 15) is 9.18 Å². The van der Waals surface area contributed by atoms with Crippen LogP contribution in [0.1, 0.15) is 10.4 Å². The van der Waals surface area contributed by atoms with Crippen LogP contribution in [0.15, 0.2) is 34.8 Å². The monoisotopic (exact) mass is 268 g/mol. The van der Waals surface area contributed by atoms with Crippen LogP contribution in [0.25, 0.3) is 10.8 Å². The second-order valence-electron chi connectivity index (χ2n) is 3.07. The van der Waals surface area contributed by atoms with E-state index in [-0.39, 0.29) is 5.56 Å². The number of hydrogen-bond acceptors (Lipinski definition) is 1. The molecule has 0 aliphatic carbocycles. The number of fused-ring (bicyclic) bond motifs is 1. The molecule has 0 unspecified atom stereocenters. The van der Waals surface area contributed by atoms with Gasteiger partial charge in [-0.2, -0.15) is 0 Å². The zero-order valence-corrected chi connectivity index (χ0v) is 9.08. The Morgan fingerprint density at radius 2 is 2.00 bits per heavy atom. The number of halogens is 2. The number of carboxylic acids is 1. The van der Waals surface area contributed by atoms with Gasteiger partial charge in [0.2, 0.25) is 0 Å². The van der Waals surface area contributed by atoms with Gasteiger partial charge in [-0.3, -0.25) is 0 Å². The lowest BCUT2D eigenvalue weighted by Crippen LogP contribution is -2.00. The topological polar surface area (TPSA) is 37.3 Å². The first kappa shape index (κ1) is 10.1. The number of carboxylic acid groups (broad SMARTS) is 1. The predicted octanol–water partition coefficient (Wildman–Crippen LogP) is 3.44. The van der Waals surface area contributed by atoms with Gasteiger partial charge in [-0.25, -0.2) is 9.18 Å². The Morgan fingerprint density at radius 3 is 2.67 bits per heavy atom. The molecule has 0 atom stereocenters. The van der Waals surface area contributed by atoms with Crippen LogP contribution >= 0.6 is 15.9 Å². The Balaban J connectivity index is 2.89. The quantitative estimate of drug-likeness (QED) is 0.861. The average molecular weight is 269 g/mol. The normalized spacial score (nSPS) is 10.5. The number of aromatic carboxylic acids is 1. The Kier molecular flexibility index (Phi) is 2.44. The molecule has 0 heterocycles. The first-order valence-corrected chi connectivity index (χ1v) is 5.00. The summed E-state index contributed by atoms with van der Waals surface area (Å²) in [5.74, 6) is -1.96. The second-order valence-corrected chi connectivity index (χ2v) is 3.92. The van der Waals surface area contributed by atoms with Gasteiger partial charge in [0.25, 0.3) is 0 Å². The van der Waals surface area contributed by atoms with Crippen molar-refractivity contribution in [2.24, 2.45) is 0 Å². The van der Waals surface area contributed by atoms with Crippen molar-refractivity contribution in [2.75, 3.05) is 0 Å². The lowest BCUT2D eigenvalue weighted by atomic mass is 10.1. The maximum atomic E-state index is 13.8. The van der Waals surface area contributed by atoms with E-state index >= 15 is 0 Å². The highest BCUT2D eigenvalue weighted by Crippen LogP contribution is 2.28. The van der Waals surface area contributed by atoms with Gasteiger partial charge in [0.15, 0.2) is 0 Å². The summed E-state index contributed by atoms with van der Waals surface area (Å²) in [7, 11) is 0. The zero-order valence-electron chi connectivity index (χ0n) is 7.50. The van der Waals surface area contributed by atoms with E-state index in [1.54, 1.807) is 24.3 Å². The molecular formula is C11H6BrFO2. The smallest absolute Gasteiger partial charge is 0.338 e. The molecule has 2 aromatic carbocycles. The minimum atomic E-state index is -1.26. The van der Waals surface area contributed by atoms with Crippen LogP contribution in [0.5, 0.6) is 0 Å². The van der Waals surface area contributed by atoms with Gasteiger partial charge >= 0.3 is 5.97 Å². The lowest BCUT2D eigenvalue weighted by molar-refractivity contribution is 0.0692. The minimum absolute atomic E-state index is 0.303. The third kappa shape index (κ3) is 1.61. The number of carbonyl (C=O) groups is 1. The fraction of sp³-hybridized carbons (Fsp3) is 0. The Morgan fingerprint density at radius 1 is 1.27 bits per heavy atom. The highest BCUT2D eigenvalue weighted by Gasteiger charge is 2.14. The third-order valence-electron chi connectivity index (χ3n) is 2.16. The van der Waals surface area contributed by atoms with E-state index in [0.717, 1.165) is 0 Å². The van der Waals surface area contributed by atoms with Crippen molar-refractivity contribution in [2.45, 2.75) is 0 Å². The van der Waals surface area contributed by atoms with E-state index in [2.05, 4.69) is 15.9 Å². The van der Waals surface area contributed by atoms with Crippen molar-refractivity contribution >= 4 is 32.7 Å². The SMILES string of the molecule is O=C(O)c1ccc2cccc(Br)c2c1F. The number of benzene rings is 2. The van der Waals surface area contributed by atoms with Gasteiger partial charge in [0.05, 0.1) is 5.56 Å². The van der Waals surface area contributed by atoms with Gasteiger partial charge < -0.3 is 5.11 Å². The molecule has 0 radical (unpaired) electrons. The van der Waals surface area contributed by atoms with Gasteiger partial charge in [-0.05, 0) is 17.5 Å². The molecule has 2 nitrogen and oxygen atoms in total. The van der Waals surface area contributed by atoms with Crippen LogP contribution in [0, 0.1) is 5.82 Å². The summed E-state index contributed by atoms with van der Waals surface area (Å²) in [5, 5.41) is 9.74. The second kappa shape index (κ2) is 3.62. The Labute approximate surface area is 93.5 Å². The summed E-state index contributed by atoms with van der Waals surface area (Å²) in [6.45, 7) is 0. The standard InChI is InChI=1S/C11H6BrFO2/c12-8-3-1-2-6-4-5-7(11(14)15)10(13)9(6)8/h1-5H,(H,14,15). The first-order chi connectivity index (χ1) is 7.11. The first-order valence-electron chi connectivity index (χ1n) is 4.21. The van der Waals surface area contributed by atoms with Gasteiger partial charge in [0, 0.05) is 9.86 Å². The maximum absolute atomic E-state index is 13.8. The number of hydrogen-bond donors (Lipinski definition) is 1. The molecule has 0 spiro atoms. The van der Waals surface area contributed by atoms with Crippen molar-refractivity contribution in [1.82, 2.24) is 0 Å². The summed E-state index contributed by atoms with van der Waals surface area (Å²) in [6.07, 6.45) is 0. The van der Waals surface area contributed by atoms with Gasteiger partial charge in [0.1, 0.15) is 5.82 Å². The minimum Gasteiger partial charge on any atom is -0.478 e. The van der Waals surface area contributed by atoms with E-state index in [1.165, 1.54) is 6.07 Å². The Hall–Kier alpha value is -1.42. The average Bonchev–Trinajstić information content (AvgIpc) is 2.17. The van der Waals surface area contributed by atoms with E-state index in [1.807, 2.05) is 0 Å². The van der Waals surface area contributed by atoms with E-state index < -0.39 is 11.8 Å². The molecule has 2 aromatic rings. The van der Waals surface area contributed by atoms with Crippen LogP contribution in [0.4, 0.5) is 4.39 Å². The third-order valence-corrected chi connectivity index (χ3v) is 2.82. The predicted molar refractivity (Wildman–Crippen MR) is 58.6 cm³/mol. The van der Waals surface area contributed by atoms with Crippen molar-refractivity contribution in [3.8, 4) is 0 Å². The van der Waals surface area contributed by atoms with Crippen molar-refractivity contribution in [3.63, 3.8) is 0 Å². The summed E-state index contributed by atoms with van der Waals surface area (Å²) < 4.78 is 14.3. The summed E-state index contributed by atoms with van der Waals surface area (Å²) in [6, 6.07) is 8.04. The molecular weight excluding hydrogens is 263 g/mol. The molecule has 0 saturated heterocycles. The Bertz CT molecular complexity index is 552. The fourth-order valence-corrected chi connectivity index (χ4v) is 2.01. The molecule has 2 rings (SSSR count). The van der Waals surface area contributed by atoms with E-state index in [0.29, 0.717) is 15.2 Å². The molecule has 0 aliphatic rings. The molecule has 0 saturated carbocycles. The van der Waals surface area contributed by atoms with Gasteiger partial charge in [-0.1, -0.05) is 34.1 Å². The van der Waals surface area contributed by atoms with Crippen molar-refractivity contribution in [1.29, 1.82) is 0 Å². The van der Waals surface area contributed by atoms with Crippen LogP contribution in [-0.2, 0) is 0 Å². The van der Waals surface area contributed by atoms with Gasteiger partial charge in [-0.15, -0.1) is 0 Å². The molecule has 0 aromatic heterocycles. The summed E-state index contributed by atoms with van der Waals surface area (Å²) in [5.41, 5.74) is -0.311. The van der Waals surface area contributed by atoms with Crippen LogP contribution < -0.4 is 0 Å². The summed E-state index contributed by atoms with van der Waals surface area (Å²) >= 11 is 3.20. The highest BCUT2D eigenvalue weighted by molar-refractivity contribution is 9.10. The molecule has 15 heavy (non-hydrogen) atoms. The lowest BCUT2D eigenvalue weighted by Gasteiger charge is -2.04. The van der Waals surface area contributed by atoms with Crippen molar-refractivity contribution < 1.29 is 14.3 Å². The molecule has 0 bridgehead atoms. The van der Waals surface area contributed by atoms with E-state index in [4.69, 9.17) is 5.11 Å². The molecule has 0 aliphatic heterocycles. The fourth-order valence-electron chi connectivity index (χ4n) is 1.46. The molecule has 0 amide bonds.